The topological polar surface area (TPSA) is 71.5 Å². The molecule has 0 saturated carbocycles. The zero-order valence-electron chi connectivity index (χ0n) is 19.3. The highest BCUT2D eigenvalue weighted by molar-refractivity contribution is 7.09. The fraction of sp³-hybridized carbons (Fsp3) is 0.346. The lowest BCUT2D eigenvalue weighted by atomic mass is 9.87. The number of fused-ring (bicyclic) bond motifs is 1. The summed E-state index contributed by atoms with van der Waals surface area (Å²) in [5.41, 5.74) is 3.39. The van der Waals surface area contributed by atoms with Gasteiger partial charge < -0.3 is 15.0 Å². The van der Waals surface area contributed by atoms with Crippen molar-refractivity contribution in [2.75, 3.05) is 13.1 Å². The molecule has 0 saturated heterocycles. The Morgan fingerprint density at radius 1 is 1.21 bits per heavy atom. The maximum Gasteiger partial charge on any atom is 0.270 e. The van der Waals surface area contributed by atoms with Crippen molar-refractivity contribution >= 4 is 23.2 Å². The van der Waals surface area contributed by atoms with Gasteiger partial charge in [-0.2, -0.15) is 0 Å². The lowest BCUT2D eigenvalue weighted by molar-refractivity contribution is -0.132. The molecule has 4 rings (SSSR count). The fourth-order valence-electron chi connectivity index (χ4n) is 4.11. The molecule has 1 aromatic heterocycles. The minimum atomic E-state index is -0.309. The summed E-state index contributed by atoms with van der Waals surface area (Å²) in [6, 6.07) is 11.9. The third kappa shape index (κ3) is 5.28. The number of amides is 2. The van der Waals surface area contributed by atoms with Crippen LogP contribution < -0.4 is 10.1 Å². The second-order valence-corrected chi connectivity index (χ2v) is 9.12. The van der Waals surface area contributed by atoms with E-state index in [0.29, 0.717) is 36.0 Å². The molecule has 8 heteroatoms. The molecule has 1 aliphatic heterocycles. The van der Waals surface area contributed by atoms with Gasteiger partial charge in [-0.15, -0.1) is 11.3 Å². The van der Waals surface area contributed by atoms with Gasteiger partial charge in [-0.1, -0.05) is 32.0 Å². The Labute approximate surface area is 202 Å². The first-order chi connectivity index (χ1) is 16.5. The minimum absolute atomic E-state index is 0.0583. The molecular weight excluding hydrogens is 453 g/mol. The Bertz CT molecular complexity index is 1160. The zero-order valence-corrected chi connectivity index (χ0v) is 20.2. The van der Waals surface area contributed by atoms with Gasteiger partial charge in [0.15, 0.2) is 0 Å². The molecule has 1 atom stereocenters. The van der Waals surface area contributed by atoms with Gasteiger partial charge in [0, 0.05) is 24.9 Å². The molecule has 2 heterocycles. The van der Waals surface area contributed by atoms with Gasteiger partial charge >= 0.3 is 0 Å². The van der Waals surface area contributed by atoms with E-state index in [1.807, 2.05) is 36.9 Å². The average molecular weight is 482 g/mol. The first-order valence-corrected chi connectivity index (χ1v) is 12.4. The molecule has 2 aromatic carbocycles. The van der Waals surface area contributed by atoms with Crippen LogP contribution in [0.25, 0.3) is 0 Å². The highest BCUT2D eigenvalue weighted by Crippen LogP contribution is 2.37. The van der Waals surface area contributed by atoms with Crippen LogP contribution in [0, 0.1) is 5.82 Å². The van der Waals surface area contributed by atoms with Crippen LogP contribution in [0.4, 0.5) is 4.39 Å². The maximum atomic E-state index is 13.6. The van der Waals surface area contributed by atoms with E-state index in [-0.39, 0.29) is 30.3 Å². The van der Waals surface area contributed by atoms with Crippen molar-refractivity contribution in [3.8, 4) is 5.75 Å². The highest BCUT2D eigenvalue weighted by atomic mass is 32.1. The predicted octanol–water partition coefficient (Wildman–Crippen LogP) is 4.89. The molecule has 6 nitrogen and oxygen atoms in total. The largest absolute Gasteiger partial charge is 0.486 e. The summed E-state index contributed by atoms with van der Waals surface area (Å²) in [5, 5.41) is 5.26. The normalized spacial score (nSPS) is 15.0. The number of ether oxygens (including phenoxy) is 1. The summed E-state index contributed by atoms with van der Waals surface area (Å²) in [6.45, 7) is 5.32. The van der Waals surface area contributed by atoms with Crippen LogP contribution in [-0.4, -0.2) is 34.8 Å². The van der Waals surface area contributed by atoms with Crippen molar-refractivity contribution in [1.82, 2.24) is 15.2 Å². The predicted molar refractivity (Wildman–Crippen MR) is 129 cm³/mol. The van der Waals surface area contributed by atoms with Crippen LogP contribution in [0.5, 0.6) is 5.75 Å². The van der Waals surface area contributed by atoms with Crippen LogP contribution in [0.15, 0.2) is 47.8 Å². The number of aromatic nitrogens is 1. The summed E-state index contributed by atoms with van der Waals surface area (Å²) in [7, 11) is 0. The summed E-state index contributed by atoms with van der Waals surface area (Å²) in [4.78, 5) is 31.1. The second kappa shape index (κ2) is 10.8. The van der Waals surface area contributed by atoms with Gasteiger partial charge in [0.1, 0.15) is 28.9 Å². The van der Waals surface area contributed by atoms with Crippen LogP contribution in [0.2, 0.25) is 0 Å². The lowest BCUT2D eigenvalue weighted by Crippen LogP contribution is -2.40. The number of hydrogen-bond donors (Lipinski definition) is 1. The fourth-order valence-corrected chi connectivity index (χ4v) is 4.80. The number of thiazole rings is 1. The third-order valence-electron chi connectivity index (χ3n) is 5.84. The molecule has 178 valence electrons. The lowest BCUT2D eigenvalue weighted by Gasteiger charge is -2.38. The number of halogens is 1. The Morgan fingerprint density at radius 3 is 2.74 bits per heavy atom. The van der Waals surface area contributed by atoms with Gasteiger partial charge in [-0.25, -0.2) is 9.37 Å². The Hall–Kier alpha value is -3.26. The number of carbonyl (C=O) groups excluding carboxylic acids is 2. The zero-order chi connectivity index (χ0) is 24.1. The first kappa shape index (κ1) is 23.9. The summed E-state index contributed by atoms with van der Waals surface area (Å²) < 4.78 is 19.6. The third-order valence-corrected chi connectivity index (χ3v) is 6.66. The van der Waals surface area contributed by atoms with Crippen LogP contribution in [0.1, 0.15) is 64.9 Å². The molecule has 2 amide bonds. The molecule has 1 unspecified atom stereocenters. The SMILES string of the molecule is CCCNC(=O)c1csc(COc2ccc3c(c2)C(c2ccc(F)cc2)N(C(=O)CC)CC3)n1. The molecule has 1 aliphatic rings. The minimum Gasteiger partial charge on any atom is -0.486 e. The first-order valence-electron chi connectivity index (χ1n) is 11.5. The smallest absolute Gasteiger partial charge is 0.270 e. The standard InChI is InChI=1S/C26H28FN3O3S/c1-3-12-28-26(32)22-16-34-23(29-22)15-33-20-10-7-17-11-13-30(24(31)4-2)25(21(17)14-20)18-5-8-19(27)9-6-18/h5-10,14,16,25H,3-4,11-13,15H2,1-2H3,(H,28,32). The highest BCUT2D eigenvalue weighted by Gasteiger charge is 2.31. The molecule has 3 aromatic rings. The van der Waals surface area contributed by atoms with E-state index in [1.165, 1.54) is 23.5 Å². The molecule has 0 spiro atoms. The molecule has 0 radical (unpaired) electrons. The summed E-state index contributed by atoms with van der Waals surface area (Å²) >= 11 is 1.38. The van der Waals surface area contributed by atoms with E-state index < -0.39 is 0 Å². The number of hydrogen-bond acceptors (Lipinski definition) is 5. The van der Waals surface area contributed by atoms with E-state index in [1.54, 1.807) is 17.5 Å². The Morgan fingerprint density at radius 2 is 2.00 bits per heavy atom. The number of benzene rings is 2. The summed E-state index contributed by atoms with van der Waals surface area (Å²) in [6.07, 6.45) is 2.02. The quantitative estimate of drug-likeness (QED) is 0.498. The number of carbonyl (C=O) groups is 2. The average Bonchev–Trinajstić information content (AvgIpc) is 3.34. The monoisotopic (exact) mass is 481 g/mol. The molecule has 0 bridgehead atoms. The van der Waals surface area contributed by atoms with Gasteiger partial charge in [-0.05, 0) is 53.8 Å². The summed E-state index contributed by atoms with van der Waals surface area (Å²) in [5.74, 6) is 0.226. The van der Waals surface area contributed by atoms with E-state index in [0.717, 1.165) is 29.5 Å². The van der Waals surface area contributed by atoms with Crippen molar-refractivity contribution in [2.45, 2.75) is 45.8 Å². The molecular formula is C26H28FN3O3S. The van der Waals surface area contributed by atoms with E-state index >= 15 is 0 Å². The molecule has 1 N–H and O–H groups in total. The Kier molecular flexibility index (Phi) is 7.57. The van der Waals surface area contributed by atoms with Crippen molar-refractivity contribution in [3.05, 3.63) is 81.1 Å². The second-order valence-electron chi connectivity index (χ2n) is 8.18. The number of rotatable bonds is 8. The van der Waals surface area contributed by atoms with Crippen LogP contribution in [0.3, 0.4) is 0 Å². The van der Waals surface area contributed by atoms with Gasteiger partial charge in [0.2, 0.25) is 5.91 Å². The molecule has 34 heavy (non-hydrogen) atoms. The number of nitrogens with one attached hydrogen (secondary N) is 1. The van der Waals surface area contributed by atoms with Crippen molar-refractivity contribution in [3.63, 3.8) is 0 Å². The maximum absolute atomic E-state index is 13.6. The van der Waals surface area contributed by atoms with Crippen LogP contribution >= 0.6 is 11.3 Å². The van der Waals surface area contributed by atoms with Crippen molar-refractivity contribution < 1.29 is 18.7 Å². The molecule has 0 fully saturated rings. The van der Waals surface area contributed by atoms with Crippen LogP contribution in [-0.2, 0) is 17.8 Å². The van der Waals surface area contributed by atoms with Crippen molar-refractivity contribution in [2.24, 2.45) is 0 Å². The number of nitrogens with zero attached hydrogens (tertiary/aromatic N) is 2. The van der Waals surface area contributed by atoms with E-state index in [9.17, 15) is 14.0 Å². The molecule has 0 aliphatic carbocycles. The Balaban J connectivity index is 1.56. The van der Waals surface area contributed by atoms with E-state index in [4.69, 9.17) is 4.74 Å². The van der Waals surface area contributed by atoms with E-state index in [2.05, 4.69) is 10.3 Å². The van der Waals surface area contributed by atoms with Gasteiger partial charge in [0.25, 0.3) is 5.91 Å². The van der Waals surface area contributed by atoms with Crippen molar-refractivity contribution in [1.29, 1.82) is 0 Å². The van der Waals surface area contributed by atoms with Gasteiger partial charge in [-0.3, -0.25) is 9.59 Å². The van der Waals surface area contributed by atoms with Gasteiger partial charge in [0.05, 0.1) is 6.04 Å².